The number of benzene rings is 1. The normalized spacial score (nSPS) is 18.4. The predicted molar refractivity (Wildman–Crippen MR) is 74.6 cm³/mol. The van der Waals surface area contributed by atoms with Gasteiger partial charge >= 0.3 is 5.97 Å². The second-order valence-electron chi connectivity index (χ2n) is 5.05. The molecule has 1 aromatic rings. The highest BCUT2D eigenvalue weighted by Gasteiger charge is 2.44. The number of nitrogens with one attached hydrogen (secondary N) is 1. The van der Waals surface area contributed by atoms with Gasteiger partial charge in [0.25, 0.3) is 0 Å². The van der Waals surface area contributed by atoms with Gasteiger partial charge in [-0.05, 0) is 25.0 Å². The van der Waals surface area contributed by atoms with Crippen molar-refractivity contribution in [2.75, 3.05) is 7.11 Å². The number of rotatable bonds is 4. The van der Waals surface area contributed by atoms with E-state index in [1.165, 1.54) is 19.2 Å². The first-order valence-corrected chi connectivity index (χ1v) is 8.16. The Labute approximate surface area is 119 Å². The largest absolute Gasteiger partial charge is 0.468 e. The van der Waals surface area contributed by atoms with Crippen molar-refractivity contribution in [2.45, 2.75) is 42.5 Å². The summed E-state index contributed by atoms with van der Waals surface area (Å²) in [7, 11) is -2.44. The van der Waals surface area contributed by atoms with Gasteiger partial charge in [-0.25, -0.2) is 8.42 Å². The van der Waals surface area contributed by atoms with Crippen LogP contribution < -0.4 is 4.72 Å². The van der Waals surface area contributed by atoms with Crippen LogP contribution in [0.15, 0.2) is 35.2 Å². The van der Waals surface area contributed by atoms with Gasteiger partial charge in [-0.2, -0.15) is 4.72 Å². The summed E-state index contributed by atoms with van der Waals surface area (Å²) in [6, 6.07) is 8.07. The van der Waals surface area contributed by atoms with Crippen molar-refractivity contribution < 1.29 is 17.9 Å². The molecule has 1 aliphatic carbocycles. The minimum Gasteiger partial charge on any atom is -0.468 e. The molecule has 0 atom stereocenters. The van der Waals surface area contributed by atoms with E-state index in [1.54, 1.807) is 18.2 Å². The van der Waals surface area contributed by atoms with Crippen LogP contribution >= 0.6 is 0 Å². The number of ether oxygens (including phenoxy) is 1. The van der Waals surface area contributed by atoms with Crippen molar-refractivity contribution in [2.24, 2.45) is 0 Å². The van der Waals surface area contributed by atoms with Crippen LogP contribution in [0, 0.1) is 0 Å². The zero-order chi connectivity index (χ0) is 14.6. The fourth-order valence-corrected chi connectivity index (χ4v) is 4.05. The standard InChI is InChI=1S/C14H19NO4S/c1-19-13(16)14(10-6-3-7-11-14)15-20(17,18)12-8-4-2-5-9-12/h2,4-5,8-9,15H,3,6-7,10-11H2,1H3. The van der Waals surface area contributed by atoms with Gasteiger partial charge in [0.2, 0.25) is 10.0 Å². The van der Waals surface area contributed by atoms with Gasteiger partial charge in [0.05, 0.1) is 12.0 Å². The SMILES string of the molecule is COC(=O)C1(NS(=O)(=O)c2ccccc2)CCCCC1. The molecule has 110 valence electrons. The van der Waals surface area contributed by atoms with Gasteiger partial charge in [0.15, 0.2) is 0 Å². The van der Waals surface area contributed by atoms with Crippen LogP contribution in [-0.2, 0) is 19.6 Å². The summed E-state index contributed by atoms with van der Waals surface area (Å²) in [5.41, 5.74) is -1.12. The van der Waals surface area contributed by atoms with Gasteiger partial charge in [-0.3, -0.25) is 4.79 Å². The molecule has 0 bridgehead atoms. The van der Waals surface area contributed by atoms with E-state index >= 15 is 0 Å². The number of carbonyl (C=O) groups is 1. The minimum absolute atomic E-state index is 0.161. The Morgan fingerprint density at radius 1 is 1.15 bits per heavy atom. The van der Waals surface area contributed by atoms with E-state index in [-0.39, 0.29) is 4.90 Å². The first-order valence-electron chi connectivity index (χ1n) is 6.68. The van der Waals surface area contributed by atoms with E-state index in [0.29, 0.717) is 12.8 Å². The highest BCUT2D eigenvalue weighted by molar-refractivity contribution is 7.89. The summed E-state index contributed by atoms with van der Waals surface area (Å²) in [6.45, 7) is 0. The molecule has 0 heterocycles. The second kappa shape index (κ2) is 5.93. The third-order valence-corrected chi connectivity index (χ3v) is 5.22. The van der Waals surface area contributed by atoms with Crippen LogP contribution in [0.2, 0.25) is 0 Å². The topological polar surface area (TPSA) is 72.5 Å². The average molecular weight is 297 g/mol. The van der Waals surface area contributed by atoms with Gasteiger partial charge < -0.3 is 4.74 Å². The third kappa shape index (κ3) is 3.02. The molecule has 0 radical (unpaired) electrons. The lowest BCUT2D eigenvalue weighted by molar-refractivity contribution is -0.149. The Bertz CT molecular complexity index is 562. The highest BCUT2D eigenvalue weighted by Crippen LogP contribution is 2.31. The van der Waals surface area contributed by atoms with Gasteiger partial charge in [0, 0.05) is 0 Å². The maximum absolute atomic E-state index is 12.4. The highest BCUT2D eigenvalue weighted by atomic mass is 32.2. The van der Waals surface area contributed by atoms with Crippen molar-refractivity contribution >= 4 is 16.0 Å². The molecule has 0 aromatic heterocycles. The molecule has 0 amide bonds. The van der Waals surface area contributed by atoms with Crippen molar-refractivity contribution in [1.82, 2.24) is 4.72 Å². The predicted octanol–water partition coefficient (Wildman–Crippen LogP) is 1.84. The van der Waals surface area contributed by atoms with E-state index in [9.17, 15) is 13.2 Å². The summed E-state index contributed by atoms with van der Waals surface area (Å²) in [6.07, 6.45) is 3.59. The number of sulfonamides is 1. The van der Waals surface area contributed by atoms with Crippen LogP contribution in [-0.4, -0.2) is 27.0 Å². The fourth-order valence-electron chi connectivity index (χ4n) is 2.61. The number of carbonyl (C=O) groups excluding carboxylic acids is 1. The van der Waals surface area contributed by atoms with Crippen LogP contribution in [0.4, 0.5) is 0 Å². The number of hydrogen-bond acceptors (Lipinski definition) is 4. The van der Waals surface area contributed by atoms with E-state index in [4.69, 9.17) is 4.74 Å². The van der Waals surface area contributed by atoms with E-state index < -0.39 is 21.5 Å². The molecule has 5 nitrogen and oxygen atoms in total. The first kappa shape index (κ1) is 15.0. The number of methoxy groups -OCH3 is 1. The maximum atomic E-state index is 12.4. The molecule has 1 aromatic carbocycles. The van der Waals surface area contributed by atoms with E-state index in [1.807, 2.05) is 0 Å². The molecule has 1 saturated carbocycles. The summed E-state index contributed by atoms with van der Waals surface area (Å²) in [5, 5.41) is 0. The Balaban J connectivity index is 2.30. The molecular weight excluding hydrogens is 278 g/mol. The van der Waals surface area contributed by atoms with Crippen LogP contribution in [0.25, 0.3) is 0 Å². The summed E-state index contributed by atoms with van der Waals surface area (Å²) >= 11 is 0. The summed E-state index contributed by atoms with van der Waals surface area (Å²) in [5.74, 6) is -0.503. The second-order valence-corrected chi connectivity index (χ2v) is 6.74. The molecule has 6 heteroatoms. The first-order chi connectivity index (χ1) is 9.50. The molecule has 1 fully saturated rings. The minimum atomic E-state index is -3.72. The molecular formula is C14H19NO4S. The van der Waals surface area contributed by atoms with Crippen LogP contribution in [0.5, 0.6) is 0 Å². The third-order valence-electron chi connectivity index (χ3n) is 3.67. The number of hydrogen-bond donors (Lipinski definition) is 1. The van der Waals surface area contributed by atoms with Crippen molar-refractivity contribution in [3.8, 4) is 0 Å². The zero-order valence-electron chi connectivity index (χ0n) is 11.5. The lowest BCUT2D eigenvalue weighted by atomic mass is 9.83. The molecule has 1 aliphatic rings. The molecule has 2 rings (SSSR count). The fraction of sp³-hybridized carbons (Fsp3) is 0.500. The smallest absolute Gasteiger partial charge is 0.327 e. The number of esters is 1. The lowest BCUT2D eigenvalue weighted by Crippen LogP contribution is -2.55. The molecule has 1 N–H and O–H groups in total. The molecule has 0 spiro atoms. The van der Waals surface area contributed by atoms with E-state index in [0.717, 1.165) is 19.3 Å². The quantitative estimate of drug-likeness (QED) is 0.861. The molecule has 0 unspecified atom stereocenters. The Kier molecular flexibility index (Phi) is 4.45. The summed E-state index contributed by atoms with van der Waals surface area (Å²) in [4.78, 5) is 12.2. The van der Waals surface area contributed by atoms with Crippen molar-refractivity contribution in [3.63, 3.8) is 0 Å². The molecule has 20 heavy (non-hydrogen) atoms. The Morgan fingerprint density at radius 3 is 2.30 bits per heavy atom. The van der Waals surface area contributed by atoms with Crippen LogP contribution in [0.1, 0.15) is 32.1 Å². The average Bonchev–Trinajstić information content (AvgIpc) is 2.48. The Hall–Kier alpha value is -1.40. The van der Waals surface area contributed by atoms with Crippen molar-refractivity contribution in [3.05, 3.63) is 30.3 Å². The van der Waals surface area contributed by atoms with Gasteiger partial charge in [-0.15, -0.1) is 0 Å². The molecule has 0 saturated heterocycles. The van der Waals surface area contributed by atoms with Crippen LogP contribution in [0.3, 0.4) is 0 Å². The Morgan fingerprint density at radius 2 is 1.75 bits per heavy atom. The van der Waals surface area contributed by atoms with Gasteiger partial charge in [-0.1, -0.05) is 37.5 Å². The van der Waals surface area contributed by atoms with Gasteiger partial charge in [0.1, 0.15) is 5.54 Å². The summed E-state index contributed by atoms with van der Waals surface area (Å²) < 4.78 is 32.2. The maximum Gasteiger partial charge on any atom is 0.327 e. The monoisotopic (exact) mass is 297 g/mol. The zero-order valence-corrected chi connectivity index (χ0v) is 12.3. The molecule has 0 aliphatic heterocycles. The van der Waals surface area contributed by atoms with E-state index in [2.05, 4.69) is 4.72 Å². The van der Waals surface area contributed by atoms with Crippen molar-refractivity contribution in [1.29, 1.82) is 0 Å². The lowest BCUT2D eigenvalue weighted by Gasteiger charge is -2.34.